The van der Waals surface area contributed by atoms with Gasteiger partial charge in [0.05, 0.1) is 7.11 Å². The van der Waals surface area contributed by atoms with E-state index in [4.69, 9.17) is 0 Å². The molecule has 1 aromatic carbocycles. The number of carbonyl (C=O) groups is 1. The normalized spacial score (nSPS) is 12.8. The highest BCUT2D eigenvalue weighted by atomic mass is 19.4. The molecule has 0 aliphatic heterocycles. The van der Waals surface area contributed by atoms with Gasteiger partial charge in [-0.3, -0.25) is 0 Å². The predicted molar refractivity (Wildman–Crippen MR) is 70.5 cm³/mol. The second kappa shape index (κ2) is 7.17. The summed E-state index contributed by atoms with van der Waals surface area (Å²) in [6.07, 6.45) is -4.72. The number of hydrogen-bond acceptors (Lipinski definition) is 3. The molecule has 6 heteroatoms. The van der Waals surface area contributed by atoms with E-state index in [1.807, 2.05) is 0 Å². The summed E-state index contributed by atoms with van der Waals surface area (Å²) in [6, 6.07) is 6.11. The van der Waals surface area contributed by atoms with Gasteiger partial charge in [-0.25, -0.2) is 4.79 Å². The van der Waals surface area contributed by atoms with Crippen molar-refractivity contribution in [1.82, 2.24) is 0 Å². The molecule has 0 saturated carbocycles. The van der Waals surface area contributed by atoms with Crippen LogP contribution in [0.15, 0.2) is 24.3 Å². The zero-order valence-electron chi connectivity index (χ0n) is 11.5. The van der Waals surface area contributed by atoms with Gasteiger partial charge in [0, 0.05) is 12.1 Å². The van der Waals surface area contributed by atoms with Gasteiger partial charge in [0.1, 0.15) is 6.04 Å². The van der Waals surface area contributed by atoms with Crippen molar-refractivity contribution in [3.8, 4) is 0 Å². The molecule has 0 heterocycles. The Bertz CT molecular complexity index is 446. The highest BCUT2D eigenvalue weighted by Crippen LogP contribution is 2.25. The third-order valence-electron chi connectivity index (χ3n) is 2.92. The maximum Gasteiger partial charge on any atom is 0.389 e. The van der Waals surface area contributed by atoms with E-state index in [1.165, 1.54) is 7.11 Å². The van der Waals surface area contributed by atoms with Crippen molar-refractivity contribution in [3.63, 3.8) is 0 Å². The molecule has 112 valence electrons. The molecule has 0 fully saturated rings. The Balaban J connectivity index is 2.81. The number of alkyl halides is 3. The third kappa shape index (κ3) is 5.11. The van der Waals surface area contributed by atoms with Crippen LogP contribution in [0.25, 0.3) is 0 Å². The van der Waals surface area contributed by atoms with Crippen LogP contribution in [0.2, 0.25) is 0 Å². The monoisotopic (exact) mass is 289 g/mol. The lowest BCUT2D eigenvalue weighted by Crippen LogP contribution is -2.30. The largest absolute Gasteiger partial charge is 0.467 e. The van der Waals surface area contributed by atoms with Crippen LogP contribution < -0.4 is 5.32 Å². The summed E-state index contributed by atoms with van der Waals surface area (Å²) >= 11 is 0. The van der Waals surface area contributed by atoms with Gasteiger partial charge in [-0.2, -0.15) is 13.2 Å². The molecule has 0 radical (unpaired) electrons. The fourth-order valence-electron chi connectivity index (χ4n) is 1.81. The third-order valence-corrected chi connectivity index (χ3v) is 2.92. The van der Waals surface area contributed by atoms with Crippen molar-refractivity contribution >= 4 is 11.7 Å². The fourth-order valence-corrected chi connectivity index (χ4v) is 1.81. The topological polar surface area (TPSA) is 38.3 Å². The minimum atomic E-state index is -4.19. The smallest absolute Gasteiger partial charge is 0.389 e. The quantitative estimate of drug-likeness (QED) is 0.814. The number of rotatable bonds is 6. The molecule has 0 bridgehead atoms. The Kier molecular flexibility index (Phi) is 5.85. The van der Waals surface area contributed by atoms with E-state index >= 15 is 0 Å². The zero-order chi connectivity index (χ0) is 15.2. The van der Waals surface area contributed by atoms with Crippen molar-refractivity contribution in [2.24, 2.45) is 0 Å². The van der Waals surface area contributed by atoms with Crippen LogP contribution >= 0.6 is 0 Å². The molecule has 1 atom stereocenters. The van der Waals surface area contributed by atoms with Crippen LogP contribution in [-0.2, 0) is 16.0 Å². The lowest BCUT2D eigenvalue weighted by atomic mass is 10.1. The van der Waals surface area contributed by atoms with E-state index < -0.39 is 24.6 Å². The van der Waals surface area contributed by atoms with Gasteiger partial charge in [-0.15, -0.1) is 0 Å². The lowest BCUT2D eigenvalue weighted by molar-refractivity contribution is -0.141. The molecule has 0 amide bonds. The maximum absolute atomic E-state index is 12.3. The van der Waals surface area contributed by atoms with E-state index in [-0.39, 0.29) is 6.42 Å². The van der Waals surface area contributed by atoms with Crippen molar-refractivity contribution < 1.29 is 22.7 Å². The molecule has 1 unspecified atom stereocenters. The maximum atomic E-state index is 12.3. The summed E-state index contributed by atoms with van der Waals surface area (Å²) in [7, 11) is 1.28. The first-order valence-electron chi connectivity index (χ1n) is 6.36. The number of aryl methyl sites for hydroxylation is 1. The van der Waals surface area contributed by atoms with Crippen LogP contribution in [0.5, 0.6) is 0 Å². The average molecular weight is 289 g/mol. The summed E-state index contributed by atoms with van der Waals surface area (Å²) in [5, 5.41) is 2.94. The molecule has 1 aromatic rings. The SMILES string of the molecule is CCC(Nc1ccccc1CCC(F)(F)F)C(=O)OC. The molecule has 1 rings (SSSR count). The summed E-state index contributed by atoms with van der Waals surface area (Å²) in [5.74, 6) is -0.432. The van der Waals surface area contributed by atoms with Gasteiger partial charge in [-0.1, -0.05) is 25.1 Å². The number of carbonyl (C=O) groups excluding carboxylic acids is 1. The minimum Gasteiger partial charge on any atom is -0.467 e. The predicted octanol–water partition coefficient (Wildman–Crippen LogP) is 3.55. The number of ether oxygens (including phenoxy) is 1. The molecule has 0 aliphatic rings. The number of benzene rings is 1. The number of halogens is 3. The van der Waals surface area contributed by atoms with Gasteiger partial charge in [-0.05, 0) is 24.5 Å². The summed E-state index contributed by atoms with van der Waals surface area (Å²) in [6.45, 7) is 1.80. The van der Waals surface area contributed by atoms with Gasteiger partial charge in [0.15, 0.2) is 0 Å². The van der Waals surface area contributed by atoms with Crippen molar-refractivity contribution in [1.29, 1.82) is 0 Å². The minimum absolute atomic E-state index is 0.121. The molecular formula is C14H18F3NO2. The van der Waals surface area contributed by atoms with Gasteiger partial charge in [0.2, 0.25) is 0 Å². The first kappa shape index (κ1) is 16.3. The number of hydrogen-bond donors (Lipinski definition) is 1. The van der Waals surface area contributed by atoms with E-state index in [1.54, 1.807) is 31.2 Å². The van der Waals surface area contributed by atoms with Crippen molar-refractivity contribution in [3.05, 3.63) is 29.8 Å². The standard InChI is InChI=1S/C14H18F3NO2/c1-3-11(13(19)20-2)18-12-7-5-4-6-10(12)8-9-14(15,16)17/h4-7,11,18H,3,8-9H2,1-2H3. The van der Waals surface area contributed by atoms with Crippen LogP contribution in [0.4, 0.5) is 18.9 Å². The Hall–Kier alpha value is -1.72. The molecule has 0 spiro atoms. The van der Waals surface area contributed by atoms with E-state index in [0.29, 0.717) is 17.7 Å². The fraction of sp³-hybridized carbons (Fsp3) is 0.500. The second-order valence-electron chi connectivity index (χ2n) is 4.40. The van der Waals surface area contributed by atoms with Crippen LogP contribution in [0.1, 0.15) is 25.3 Å². The highest BCUT2D eigenvalue weighted by molar-refractivity contribution is 5.79. The number of esters is 1. The summed E-state index contributed by atoms with van der Waals surface area (Å²) in [4.78, 5) is 11.5. The first-order chi connectivity index (χ1) is 9.37. The summed E-state index contributed by atoms with van der Waals surface area (Å²) in [5.41, 5.74) is 1.07. The summed E-state index contributed by atoms with van der Waals surface area (Å²) < 4.78 is 41.5. The average Bonchev–Trinajstić information content (AvgIpc) is 2.41. The number of para-hydroxylation sites is 1. The number of anilines is 1. The Morgan fingerprint density at radius 1 is 1.35 bits per heavy atom. The molecule has 0 aliphatic carbocycles. The Morgan fingerprint density at radius 3 is 2.55 bits per heavy atom. The molecule has 0 saturated heterocycles. The van der Waals surface area contributed by atoms with Crippen LogP contribution in [0, 0.1) is 0 Å². The van der Waals surface area contributed by atoms with Crippen molar-refractivity contribution in [2.45, 2.75) is 38.4 Å². The molecule has 1 N–H and O–H groups in total. The number of nitrogens with one attached hydrogen (secondary N) is 1. The lowest BCUT2D eigenvalue weighted by Gasteiger charge is -2.18. The van der Waals surface area contributed by atoms with Crippen LogP contribution in [0.3, 0.4) is 0 Å². The van der Waals surface area contributed by atoms with Gasteiger partial charge in [0.25, 0.3) is 0 Å². The van der Waals surface area contributed by atoms with Crippen molar-refractivity contribution in [2.75, 3.05) is 12.4 Å². The molecule has 3 nitrogen and oxygen atoms in total. The first-order valence-corrected chi connectivity index (χ1v) is 6.36. The molecule has 20 heavy (non-hydrogen) atoms. The van der Waals surface area contributed by atoms with E-state index in [9.17, 15) is 18.0 Å². The van der Waals surface area contributed by atoms with Gasteiger partial charge < -0.3 is 10.1 Å². The second-order valence-corrected chi connectivity index (χ2v) is 4.40. The highest BCUT2D eigenvalue weighted by Gasteiger charge is 2.27. The Labute approximate surface area is 116 Å². The van der Waals surface area contributed by atoms with E-state index in [0.717, 1.165) is 0 Å². The molecule has 0 aromatic heterocycles. The van der Waals surface area contributed by atoms with Crippen LogP contribution in [-0.4, -0.2) is 25.3 Å². The zero-order valence-corrected chi connectivity index (χ0v) is 11.5. The number of methoxy groups -OCH3 is 1. The van der Waals surface area contributed by atoms with E-state index in [2.05, 4.69) is 10.1 Å². The Morgan fingerprint density at radius 2 is 2.00 bits per heavy atom. The molecular weight excluding hydrogens is 271 g/mol. The van der Waals surface area contributed by atoms with Gasteiger partial charge >= 0.3 is 12.1 Å².